The summed E-state index contributed by atoms with van der Waals surface area (Å²) in [6, 6.07) is 3.20. The van der Waals surface area contributed by atoms with Crippen molar-refractivity contribution < 1.29 is 26.4 Å². The second kappa shape index (κ2) is 7.23. The van der Waals surface area contributed by atoms with Gasteiger partial charge in [-0.25, -0.2) is 8.42 Å². The highest BCUT2D eigenvalue weighted by molar-refractivity contribution is 7.91. The Hall–Kier alpha value is -1.77. The zero-order valence-corrected chi connectivity index (χ0v) is 14.9. The van der Waals surface area contributed by atoms with Crippen molar-refractivity contribution in [3.63, 3.8) is 0 Å². The molecule has 1 saturated heterocycles. The van der Waals surface area contributed by atoms with Gasteiger partial charge in [0.05, 0.1) is 34.4 Å². The fraction of sp³-hybridized carbons (Fsp3) is 0.562. The van der Waals surface area contributed by atoms with E-state index in [1.54, 1.807) is 0 Å². The van der Waals surface area contributed by atoms with Gasteiger partial charge in [-0.05, 0) is 38.5 Å². The van der Waals surface area contributed by atoms with Crippen LogP contribution in [0.2, 0.25) is 0 Å². The molecule has 0 aliphatic carbocycles. The molecule has 1 unspecified atom stereocenters. The van der Waals surface area contributed by atoms with Gasteiger partial charge in [0.25, 0.3) is 0 Å². The number of alkyl halides is 3. The molecule has 1 N–H and O–H groups in total. The van der Waals surface area contributed by atoms with E-state index in [1.807, 2.05) is 18.7 Å². The number of halogens is 3. The SMILES string of the molecule is CCN(CC)c1ccc(C(F)(F)F)cc1NC(=O)C1CCS(=O)(=O)C1. The molecule has 0 radical (unpaired) electrons. The average Bonchev–Trinajstić information content (AvgIpc) is 2.89. The van der Waals surface area contributed by atoms with Gasteiger partial charge in [0, 0.05) is 13.1 Å². The monoisotopic (exact) mass is 378 g/mol. The zero-order valence-electron chi connectivity index (χ0n) is 14.1. The molecule has 0 spiro atoms. The molecular weight excluding hydrogens is 357 g/mol. The van der Waals surface area contributed by atoms with Crippen LogP contribution in [0.25, 0.3) is 0 Å². The fourth-order valence-corrected chi connectivity index (χ4v) is 4.63. The van der Waals surface area contributed by atoms with E-state index in [0.29, 0.717) is 18.8 Å². The molecule has 0 bridgehead atoms. The Labute approximate surface area is 145 Å². The van der Waals surface area contributed by atoms with E-state index in [2.05, 4.69) is 5.32 Å². The lowest BCUT2D eigenvalue weighted by molar-refractivity contribution is -0.137. The number of carbonyl (C=O) groups excluding carboxylic acids is 1. The summed E-state index contributed by atoms with van der Waals surface area (Å²) in [6.45, 7) is 4.83. The molecule has 1 aromatic rings. The standard InChI is InChI=1S/C16H21F3N2O3S/c1-3-21(4-2)14-6-5-12(16(17,18)19)9-13(14)20-15(22)11-7-8-25(23,24)10-11/h5-6,9,11H,3-4,7-8,10H2,1-2H3,(H,20,22). The first kappa shape index (κ1) is 19.6. The third-order valence-electron chi connectivity index (χ3n) is 4.29. The molecule has 1 aromatic carbocycles. The van der Waals surface area contributed by atoms with Crippen molar-refractivity contribution in [3.8, 4) is 0 Å². The largest absolute Gasteiger partial charge is 0.416 e. The summed E-state index contributed by atoms with van der Waals surface area (Å²) >= 11 is 0. The number of nitrogens with zero attached hydrogens (tertiary/aromatic N) is 1. The van der Waals surface area contributed by atoms with Crippen LogP contribution < -0.4 is 10.2 Å². The van der Waals surface area contributed by atoms with E-state index in [1.165, 1.54) is 6.07 Å². The van der Waals surface area contributed by atoms with Crippen LogP contribution in [0.15, 0.2) is 18.2 Å². The molecule has 1 atom stereocenters. The van der Waals surface area contributed by atoms with Gasteiger partial charge in [-0.3, -0.25) is 4.79 Å². The topological polar surface area (TPSA) is 66.5 Å². The highest BCUT2D eigenvalue weighted by Gasteiger charge is 2.35. The Morgan fingerprint density at radius 1 is 1.28 bits per heavy atom. The molecular formula is C16H21F3N2O3S. The molecule has 0 aromatic heterocycles. The maximum atomic E-state index is 13.0. The van der Waals surface area contributed by atoms with E-state index in [4.69, 9.17) is 0 Å². The number of carbonyl (C=O) groups is 1. The lowest BCUT2D eigenvalue weighted by Gasteiger charge is -2.25. The number of anilines is 2. The molecule has 1 aliphatic rings. The Bertz CT molecular complexity index is 743. The van der Waals surface area contributed by atoms with Gasteiger partial charge in [0.2, 0.25) is 5.91 Å². The normalized spacial score (nSPS) is 19.6. The highest BCUT2D eigenvalue weighted by atomic mass is 32.2. The van der Waals surface area contributed by atoms with Crippen molar-refractivity contribution in [1.82, 2.24) is 0 Å². The van der Waals surface area contributed by atoms with Gasteiger partial charge >= 0.3 is 6.18 Å². The minimum Gasteiger partial charge on any atom is -0.370 e. The van der Waals surface area contributed by atoms with Crippen LogP contribution in [0.4, 0.5) is 24.5 Å². The van der Waals surface area contributed by atoms with Crippen molar-refractivity contribution >= 4 is 27.1 Å². The first-order chi connectivity index (χ1) is 11.6. The quantitative estimate of drug-likeness (QED) is 0.856. The molecule has 1 heterocycles. The summed E-state index contributed by atoms with van der Waals surface area (Å²) in [5.41, 5.74) is -0.335. The Kier molecular flexibility index (Phi) is 5.65. The molecule has 25 heavy (non-hydrogen) atoms. The van der Waals surface area contributed by atoms with Crippen molar-refractivity contribution in [2.24, 2.45) is 5.92 Å². The van der Waals surface area contributed by atoms with E-state index in [-0.39, 0.29) is 23.6 Å². The van der Waals surface area contributed by atoms with E-state index in [9.17, 15) is 26.4 Å². The molecule has 1 amide bonds. The smallest absolute Gasteiger partial charge is 0.370 e. The summed E-state index contributed by atoms with van der Waals surface area (Å²) < 4.78 is 62.0. The van der Waals surface area contributed by atoms with Crippen molar-refractivity contribution in [2.75, 3.05) is 34.8 Å². The van der Waals surface area contributed by atoms with Gasteiger partial charge in [0.15, 0.2) is 9.84 Å². The van der Waals surface area contributed by atoms with Crippen LogP contribution in [-0.2, 0) is 20.8 Å². The molecule has 0 saturated carbocycles. The maximum absolute atomic E-state index is 13.0. The predicted molar refractivity (Wildman–Crippen MR) is 90.4 cm³/mol. The van der Waals surface area contributed by atoms with Gasteiger partial charge in [-0.2, -0.15) is 13.2 Å². The van der Waals surface area contributed by atoms with E-state index < -0.39 is 33.4 Å². The van der Waals surface area contributed by atoms with Crippen molar-refractivity contribution in [1.29, 1.82) is 0 Å². The minimum absolute atomic E-state index is 0.0489. The Morgan fingerprint density at radius 3 is 2.40 bits per heavy atom. The second-order valence-corrected chi connectivity index (χ2v) is 8.22. The summed E-state index contributed by atoms with van der Waals surface area (Å²) in [4.78, 5) is 14.2. The first-order valence-corrected chi connectivity index (χ1v) is 9.87. The number of amides is 1. The molecule has 2 rings (SSSR count). The van der Waals surface area contributed by atoms with E-state index in [0.717, 1.165) is 12.1 Å². The van der Waals surface area contributed by atoms with Crippen molar-refractivity contribution in [2.45, 2.75) is 26.4 Å². The molecule has 5 nitrogen and oxygen atoms in total. The third-order valence-corrected chi connectivity index (χ3v) is 6.06. The van der Waals surface area contributed by atoms with Gasteiger partial charge in [-0.1, -0.05) is 0 Å². The molecule has 9 heteroatoms. The van der Waals surface area contributed by atoms with Crippen LogP contribution in [-0.4, -0.2) is 38.9 Å². The fourth-order valence-electron chi connectivity index (χ4n) is 2.89. The van der Waals surface area contributed by atoms with Gasteiger partial charge in [-0.15, -0.1) is 0 Å². The Balaban J connectivity index is 2.34. The van der Waals surface area contributed by atoms with Crippen LogP contribution in [0.5, 0.6) is 0 Å². The summed E-state index contributed by atoms with van der Waals surface area (Å²) in [7, 11) is -3.25. The number of hydrogen-bond acceptors (Lipinski definition) is 4. The zero-order chi connectivity index (χ0) is 18.8. The van der Waals surface area contributed by atoms with Crippen LogP contribution in [0, 0.1) is 5.92 Å². The van der Waals surface area contributed by atoms with Gasteiger partial charge in [0.1, 0.15) is 0 Å². The maximum Gasteiger partial charge on any atom is 0.416 e. The lowest BCUT2D eigenvalue weighted by atomic mass is 10.1. The third kappa shape index (κ3) is 4.65. The number of sulfone groups is 1. The summed E-state index contributed by atoms with van der Waals surface area (Å²) in [6.07, 6.45) is -4.34. The number of rotatable bonds is 5. The summed E-state index contributed by atoms with van der Waals surface area (Å²) in [5, 5.41) is 2.51. The number of hydrogen-bond donors (Lipinski definition) is 1. The minimum atomic E-state index is -4.53. The molecule has 1 aliphatic heterocycles. The highest BCUT2D eigenvalue weighted by Crippen LogP contribution is 2.36. The van der Waals surface area contributed by atoms with E-state index >= 15 is 0 Å². The molecule has 1 fully saturated rings. The Morgan fingerprint density at radius 2 is 1.92 bits per heavy atom. The first-order valence-electron chi connectivity index (χ1n) is 8.05. The van der Waals surface area contributed by atoms with Crippen LogP contribution >= 0.6 is 0 Å². The van der Waals surface area contributed by atoms with Crippen molar-refractivity contribution in [3.05, 3.63) is 23.8 Å². The predicted octanol–water partition coefficient (Wildman–Crippen LogP) is 2.92. The number of benzene rings is 1. The van der Waals surface area contributed by atoms with Crippen LogP contribution in [0.3, 0.4) is 0 Å². The number of nitrogens with one attached hydrogen (secondary N) is 1. The average molecular weight is 378 g/mol. The van der Waals surface area contributed by atoms with Gasteiger partial charge < -0.3 is 10.2 Å². The lowest BCUT2D eigenvalue weighted by Crippen LogP contribution is -2.27. The van der Waals surface area contributed by atoms with Crippen LogP contribution in [0.1, 0.15) is 25.8 Å². The molecule has 140 valence electrons. The second-order valence-electron chi connectivity index (χ2n) is 5.99. The summed E-state index contributed by atoms with van der Waals surface area (Å²) in [5.74, 6) is -1.63.